The summed E-state index contributed by atoms with van der Waals surface area (Å²) >= 11 is 12.0. The van der Waals surface area contributed by atoms with Crippen LogP contribution in [0.5, 0.6) is 5.88 Å². The number of rotatable bonds is 9. The Morgan fingerprint density at radius 2 is 1.89 bits per heavy atom. The van der Waals surface area contributed by atoms with Gasteiger partial charge in [0.05, 0.1) is 24.7 Å². The zero-order valence-electron chi connectivity index (χ0n) is 14.8. The van der Waals surface area contributed by atoms with Crippen LogP contribution in [0.25, 0.3) is 0 Å². The highest BCUT2D eigenvalue weighted by Crippen LogP contribution is 2.19. The predicted molar refractivity (Wildman–Crippen MR) is 103 cm³/mol. The predicted octanol–water partition coefficient (Wildman–Crippen LogP) is 3.69. The Morgan fingerprint density at radius 1 is 1.11 bits per heavy atom. The minimum Gasteiger partial charge on any atom is -0.478 e. The SMILES string of the molecule is CCOc1ccc(Cl)c(C(=O)OCCCNC(=O)Cc2ccccc2Cl)n1. The molecule has 0 radical (unpaired) electrons. The van der Waals surface area contributed by atoms with E-state index in [-0.39, 0.29) is 29.7 Å². The summed E-state index contributed by atoms with van der Waals surface area (Å²) in [6.45, 7) is 2.74. The molecule has 1 heterocycles. The van der Waals surface area contributed by atoms with Crippen molar-refractivity contribution in [2.24, 2.45) is 0 Å². The van der Waals surface area contributed by atoms with Crippen LogP contribution in [0.4, 0.5) is 0 Å². The number of carbonyl (C=O) groups is 2. The second-order valence-electron chi connectivity index (χ2n) is 5.52. The van der Waals surface area contributed by atoms with Crippen molar-refractivity contribution in [1.82, 2.24) is 10.3 Å². The van der Waals surface area contributed by atoms with Crippen LogP contribution in [0.1, 0.15) is 29.4 Å². The number of pyridine rings is 1. The van der Waals surface area contributed by atoms with Gasteiger partial charge in [-0.15, -0.1) is 0 Å². The molecule has 0 bridgehead atoms. The number of halogens is 2. The van der Waals surface area contributed by atoms with Gasteiger partial charge in [0, 0.05) is 17.6 Å². The molecule has 0 atom stereocenters. The van der Waals surface area contributed by atoms with Gasteiger partial charge in [-0.2, -0.15) is 0 Å². The Kier molecular flexibility index (Phi) is 8.36. The van der Waals surface area contributed by atoms with Crippen molar-refractivity contribution in [3.8, 4) is 5.88 Å². The van der Waals surface area contributed by atoms with Crippen molar-refractivity contribution in [3.05, 3.63) is 57.7 Å². The van der Waals surface area contributed by atoms with Crippen LogP contribution < -0.4 is 10.1 Å². The van der Waals surface area contributed by atoms with Gasteiger partial charge in [0.2, 0.25) is 11.8 Å². The van der Waals surface area contributed by atoms with Crippen molar-refractivity contribution in [1.29, 1.82) is 0 Å². The molecule has 0 saturated carbocycles. The van der Waals surface area contributed by atoms with E-state index >= 15 is 0 Å². The fourth-order valence-corrected chi connectivity index (χ4v) is 2.59. The molecule has 1 amide bonds. The molecule has 1 aromatic carbocycles. The Morgan fingerprint density at radius 3 is 2.63 bits per heavy atom. The number of benzene rings is 1. The quantitative estimate of drug-likeness (QED) is 0.503. The number of nitrogens with zero attached hydrogens (tertiary/aromatic N) is 1. The lowest BCUT2D eigenvalue weighted by Gasteiger charge is -2.09. The lowest BCUT2D eigenvalue weighted by molar-refractivity contribution is -0.120. The maximum atomic E-state index is 12.1. The van der Waals surface area contributed by atoms with E-state index in [0.29, 0.717) is 30.5 Å². The Bertz CT molecular complexity index is 799. The maximum absolute atomic E-state index is 12.1. The smallest absolute Gasteiger partial charge is 0.358 e. The maximum Gasteiger partial charge on any atom is 0.358 e. The Hall–Kier alpha value is -2.31. The number of hydrogen-bond acceptors (Lipinski definition) is 5. The van der Waals surface area contributed by atoms with Crippen LogP contribution in [0.3, 0.4) is 0 Å². The first kappa shape index (κ1) is 21.0. The summed E-state index contributed by atoms with van der Waals surface area (Å²) in [7, 11) is 0. The lowest BCUT2D eigenvalue weighted by Crippen LogP contribution is -2.27. The number of carbonyl (C=O) groups excluding carboxylic acids is 2. The first-order chi connectivity index (χ1) is 13.0. The van der Waals surface area contributed by atoms with Gasteiger partial charge in [0.25, 0.3) is 0 Å². The van der Waals surface area contributed by atoms with Gasteiger partial charge < -0.3 is 14.8 Å². The van der Waals surface area contributed by atoms with Gasteiger partial charge >= 0.3 is 5.97 Å². The molecule has 0 aliphatic heterocycles. The van der Waals surface area contributed by atoms with Crippen LogP contribution in [-0.2, 0) is 16.0 Å². The van der Waals surface area contributed by atoms with Gasteiger partial charge in [-0.1, -0.05) is 41.4 Å². The third-order valence-electron chi connectivity index (χ3n) is 3.49. The zero-order valence-corrected chi connectivity index (χ0v) is 16.3. The summed E-state index contributed by atoms with van der Waals surface area (Å²) < 4.78 is 10.4. The normalized spacial score (nSPS) is 10.3. The first-order valence-corrected chi connectivity index (χ1v) is 9.23. The lowest BCUT2D eigenvalue weighted by atomic mass is 10.1. The summed E-state index contributed by atoms with van der Waals surface area (Å²) in [4.78, 5) is 28.0. The molecular formula is C19H20Cl2N2O4. The molecule has 0 aliphatic rings. The second-order valence-corrected chi connectivity index (χ2v) is 6.33. The number of amides is 1. The molecule has 0 fully saturated rings. The van der Waals surface area contributed by atoms with Gasteiger partial charge in [-0.05, 0) is 31.0 Å². The van der Waals surface area contributed by atoms with E-state index < -0.39 is 5.97 Å². The van der Waals surface area contributed by atoms with Crippen molar-refractivity contribution in [2.75, 3.05) is 19.8 Å². The zero-order chi connectivity index (χ0) is 19.6. The molecule has 8 heteroatoms. The first-order valence-electron chi connectivity index (χ1n) is 8.47. The van der Waals surface area contributed by atoms with Gasteiger partial charge in [0.1, 0.15) is 0 Å². The van der Waals surface area contributed by atoms with E-state index in [1.807, 2.05) is 19.1 Å². The summed E-state index contributed by atoms with van der Waals surface area (Å²) in [5.41, 5.74) is 0.767. The van der Waals surface area contributed by atoms with Gasteiger partial charge in [0.15, 0.2) is 5.69 Å². The Labute approximate surface area is 167 Å². The minimum absolute atomic E-state index is 0.00497. The van der Waals surface area contributed by atoms with Crippen LogP contribution in [-0.4, -0.2) is 36.6 Å². The van der Waals surface area contributed by atoms with Gasteiger partial charge in [-0.3, -0.25) is 4.79 Å². The summed E-state index contributed by atoms with van der Waals surface area (Å²) in [6, 6.07) is 10.3. The van der Waals surface area contributed by atoms with Crippen LogP contribution in [0, 0.1) is 0 Å². The van der Waals surface area contributed by atoms with E-state index in [1.54, 1.807) is 18.2 Å². The highest BCUT2D eigenvalue weighted by Gasteiger charge is 2.15. The standard InChI is InChI=1S/C19H20Cl2N2O4/c1-2-26-17-9-8-15(21)18(23-17)19(25)27-11-5-10-22-16(24)12-13-6-3-4-7-14(13)20/h3-4,6-9H,2,5,10-12H2,1H3,(H,22,24). The molecule has 1 aromatic heterocycles. The number of aromatic nitrogens is 1. The van der Waals surface area contributed by atoms with Crippen molar-refractivity contribution in [3.63, 3.8) is 0 Å². The highest BCUT2D eigenvalue weighted by atomic mass is 35.5. The molecule has 6 nitrogen and oxygen atoms in total. The average Bonchev–Trinajstić information content (AvgIpc) is 2.65. The monoisotopic (exact) mass is 410 g/mol. The topological polar surface area (TPSA) is 77.5 Å². The van der Waals surface area contributed by atoms with E-state index in [0.717, 1.165) is 5.56 Å². The number of nitrogens with one attached hydrogen (secondary N) is 1. The van der Waals surface area contributed by atoms with Crippen molar-refractivity contribution in [2.45, 2.75) is 19.8 Å². The fourth-order valence-electron chi connectivity index (χ4n) is 2.21. The van der Waals surface area contributed by atoms with Crippen molar-refractivity contribution >= 4 is 35.1 Å². The minimum atomic E-state index is -0.635. The highest BCUT2D eigenvalue weighted by molar-refractivity contribution is 6.33. The number of hydrogen-bond donors (Lipinski definition) is 1. The summed E-state index contributed by atoms with van der Waals surface area (Å²) in [5.74, 6) is -0.479. The molecule has 0 aliphatic carbocycles. The van der Waals surface area contributed by atoms with Crippen LogP contribution >= 0.6 is 23.2 Å². The molecule has 0 saturated heterocycles. The fraction of sp³-hybridized carbons (Fsp3) is 0.316. The summed E-state index contributed by atoms with van der Waals surface area (Å²) in [6.07, 6.45) is 0.659. The van der Waals surface area contributed by atoms with E-state index in [2.05, 4.69) is 10.3 Å². The summed E-state index contributed by atoms with van der Waals surface area (Å²) in [5, 5.41) is 3.51. The van der Waals surface area contributed by atoms with Crippen molar-refractivity contribution < 1.29 is 19.1 Å². The number of ether oxygens (including phenoxy) is 2. The molecule has 0 spiro atoms. The second kappa shape index (κ2) is 10.7. The molecular weight excluding hydrogens is 391 g/mol. The van der Waals surface area contributed by atoms with E-state index in [9.17, 15) is 9.59 Å². The molecule has 27 heavy (non-hydrogen) atoms. The van der Waals surface area contributed by atoms with Gasteiger partial charge in [-0.25, -0.2) is 9.78 Å². The van der Waals surface area contributed by atoms with E-state index in [4.69, 9.17) is 32.7 Å². The largest absolute Gasteiger partial charge is 0.478 e. The molecule has 2 aromatic rings. The third-order valence-corrected chi connectivity index (χ3v) is 4.17. The Balaban J connectivity index is 1.72. The average molecular weight is 411 g/mol. The molecule has 0 unspecified atom stereocenters. The number of esters is 1. The third kappa shape index (κ3) is 6.73. The molecule has 1 N–H and O–H groups in total. The molecule has 144 valence electrons. The van der Waals surface area contributed by atoms with Crippen LogP contribution in [0.15, 0.2) is 36.4 Å². The van der Waals surface area contributed by atoms with Crippen LogP contribution in [0.2, 0.25) is 10.0 Å². The van der Waals surface area contributed by atoms with E-state index in [1.165, 1.54) is 6.07 Å². The molecule has 2 rings (SSSR count).